The van der Waals surface area contributed by atoms with Gasteiger partial charge in [-0.3, -0.25) is 9.10 Å². The Bertz CT molecular complexity index is 924. The number of aryl methyl sites for hydroxylation is 1. The highest BCUT2D eigenvalue weighted by molar-refractivity contribution is 7.92. The molecule has 0 radical (unpaired) electrons. The zero-order chi connectivity index (χ0) is 20.9. The minimum absolute atomic E-state index is 0.261. The first-order valence-electron chi connectivity index (χ1n) is 9.19. The summed E-state index contributed by atoms with van der Waals surface area (Å²) in [7, 11) is -3.61. The Morgan fingerprint density at radius 3 is 2.36 bits per heavy atom. The number of carbonyl (C=O) groups excluding carboxylic acids is 1. The van der Waals surface area contributed by atoms with Crippen LogP contribution in [0.5, 0.6) is 5.75 Å². The van der Waals surface area contributed by atoms with Gasteiger partial charge in [0, 0.05) is 0 Å². The second-order valence-electron chi connectivity index (χ2n) is 6.78. The van der Waals surface area contributed by atoms with Crippen LogP contribution >= 0.6 is 0 Å². The van der Waals surface area contributed by atoms with Crippen LogP contribution in [0, 0.1) is 13.8 Å². The average Bonchev–Trinajstić information content (AvgIpc) is 2.62. The van der Waals surface area contributed by atoms with Gasteiger partial charge in [-0.15, -0.1) is 0 Å². The smallest absolute Gasteiger partial charge is 0.241 e. The Morgan fingerprint density at radius 2 is 1.79 bits per heavy atom. The third-order valence-electron chi connectivity index (χ3n) is 4.60. The van der Waals surface area contributed by atoms with E-state index in [1.807, 2.05) is 58.0 Å². The number of sulfonamides is 1. The molecule has 2 aromatic carbocycles. The zero-order valence-corrected chi connectivity index (χ0v) is 17.8. The van der Waals surface area contributed by atoms with Crippen molar-refractivity contribution in [3.63, 3.8) is 0 Å². The van der Waals surface area contributed by atoms with Crippen LogP contribution in [0.2, 0.25) is 0 Å². The molecule has 2 aromatic rings. The van der Waals surface area contributed by atoms with E-state index in [1.165, 1.54) is 0 Å². The minimum atomic E-state index is -3.61. The fourth-order valence-electron chi connectivity index (χ4n) is 2.91. The van der Waals surface area contributed by atoms with E-state index in [-0.39, 0.29) is 18.5 Å². The van der Waals surface area contributed by atoms with Crippen molar-refractivity contribution in [3.8, 4) is 5.75 Å². The van der Waals surface area contributed by atoms with E-state index in [4.69, 9.17) is 4.74 Å². The number of ether oxygens (including phenoxy) is 1. The van der Waals surface area contributed by atoms with Gasteiger partial charge in [0.2, 0.25) is 15.9 Å². The summed E-state index contributed by atoms with van der Waals surface area (Å²) >= 11 is 0. The molecule has 0 aliphatic rings. The molecule has 1 amide bonds. The number of hydrogen-bond donors (Lipinski definition) is 1. The molecule has 0 aliphatic heterocycles. The Labute approximate surface area is 167 Å². The van der Waals surface area contributed by atoms with Gasteiger partial charge >= 0.3 is 0 Å². The lowest BCUT2D eigenvalue weighted by Gasteiger charge is -2.25. The molecule has 0 heterocycles. The molecule has 2 rings (SSSR count). The molecule has 152 valence electrons. The van der Waals surface area contributed by atoms with Crippen molar-refractivity contribution in [3.05, 3.63) is 59.2 Å². The molecule has 1 atom stereocenters. The topological polar surface area (TPSA) is 75.7 Å². The first-order chi connectivity index (χ1) is 13.1. The number of amides is 1. The summed E-state index contributed by atoms with van der Waals surface area (Å²) < 4.78 is 31.2. The van der Waals surface area contributed by atoms with Crippen LogP contribution in [0.15, 0.2) is 42.5 Å². The molecule has 0 aromatic heterocycles. The fourth-order valence-corrected chi connectivity index (χ4v) is 3.81. The Kier molecular flexibility index (Phi) is 7.07. The van der Waals surface area contributed by atoms with Crippen molar-refractivity contribution >= 4 is 21.6 Å². The predicted octanol–water partition coefficient (Wildman–Crippen LogP) is 3.35. The van der Waals surface area contributed by atoms with Crippen LogP contribution in [-0.4, -0.2) is 33.7 Å². The van der Waals surface area contributed by atoms with Crippen LogP contribution < -0.4 is 14.4 Å². The van der Waals surface area contributed by atoms with Gasteiger partial charge in [0.05, 0.1) is 24.6 Å². The van der Waals surface area contributed by atoms with Crippen molar-refractivity contribution in [1.82, 2.24) is 5.32 Å². The van der Waals surface area contributed by atoms with Gasteiger partial charge in [0.15, 0.2) is 0 Å². The van der Waals surface area contributed by atoms with Gasteiger partial charge < -0.3 is 10.1 Å². The molecule has 6 nitrogen and oxygen atoms in total. The maximum absolute atomic E-state index is 12.6. The summed E-state index contributed by atoms with van der Waals surface area (Å²) in [5.74, 6) is 0.399. The van der Waals surface area contributed by atoms with E-state index in [2.05, 4.69) is 5.32 Å². The quantitative estimate of drug-likeness (QED) is 0.732. The lowest BCUT2D eigenvalue weighted by atomic mass is 10.1. The molecule has 0 saturated heterocycles. The van der Waals surface area contributed by atoms with E-state index < -0.39 is 10.0 Å². The zero-order valence-electron chi connectivity index (χ0n) is 17.0. The van der Waals surface area contributed by atoms with Crippen LogP contribution in [0.3, 0.4) is 0 Å². The summed E-state index contributed by atoms with van der Waals surface area (Å²) in [6.07, 6.45) is 1.11. The van der Waals surface area contributed by atoms with Crippen LogP contribution in [0.4, 0.5) is 5.69 Å². The number of benzene rings is 2. The first-order valence-corrected chi connectivity index (χ1v) is 11.0. The average molecular weight is 405 g/mol. The number of nitrogens with zero attached hydrogens (tertiary/aromatic N) is 1. The number of hydrogen-bond acceptors (Lipinski definition) is 4. The highest BCUT2D eigenvalue weighted by Gasteiger charge is 2.23. The maximum Gasteiger partial charge on any atom is 0.241 e. The van der Waals surface area contributed by atoms with Gasteiger partial charge in [-0.05, 0) is 62.6 Å². The van der Waals surface area contributed by atoms with Crippen molar-refractivity contribution in [2.45, 2.75) is 33.7 Å². The number of carbonyl (C=O) groups is 1. The largest absolute Gasteiger partial charge is 0.494 e. The molecule has 0 fully saturated rings. The number of nitrogens with one attached hydrogen (secondary N) is 1. The predicted molar refractivity (Wildman–Crippen MR) is 112 cm³/mol. The second kappa shape index (κ2) is 9.10. The fraction of sp³-hybridized carbons (Fsp3) is 0.381. The third-order valence-corrected chi connectivity index (χ3v) is 5.73. The van der Waals surface area contributed by atoms with Gasteiger partial charge in [-0.25, -0.2) is 8.42 Å². The molecule has 0 spiro atoms. The van der Waals surface area contributed by atoms with E-state index in [0.29, 0.717) is 12.3 Å². The molecular weight excluding hydrogens is 376 g/mol. The lowest BCUT2D eigenvalue weighted by Crippen LogP contribution is -2.41. The molecule has 0 bridgehead atoms. The highest BCUT2D eigenvalue weighted by Crippen LogP contribution is 2.25. The summed E-state index contributed by atoms with van der Waals surface area (Å²) in [5, 5.41) is 2.87. The van der Waals surface area contributed by atoms with E-state index in [9.17, 15) is 13.2 Å². The van der Waals surface area contributed by atoms with Crippen molar-refractivity contribution in [2.24, 2.45) is 0 Å². The maximum atomic E-state index is 12.6. The lowest BCUT2D eigenvalue weighted by molar-refractivity contribution is -0.120. The normalized spacial score (nSPS) is 12.3. The van der Waals surface area contributed by atoms with Crippen molar-refractivity contribution in [2.75, 3.05) is 23.7 Å². The second-order valence-corrected chi connectivity index (χ2v) is 8.69. The summed E-state index contributed by atoms with van der Waals surface area (Å²) in [6.45, 7) is 7.85. The molecule has 0 saturated carbocycles. The Morgan fingerprint density at radius 1 is 1.14 bits per heavy atom. The third kappa shape index (κ3) is 5.48. The SMILES string of the molecule is CCOc1ccc([C@H](C)NC(=O)CN(c2cccc(C)c2C)S(C)(=O)=O)cc1. The van der Waals surface area contributed by atoms with E-state index in [1.54, 1.807) is 12.1 Å². The van der Waals surface area contributed by atoms with Gasteiger partial charge in [-0.2, -0.15) is 0 Å². The van der Waals surface area contributed by atoms with E-state index >= 15 is 0 Å². The van der Waals surface area contributed by atoms with Crippen LogP contribution in [-0.2, 0) is 14.8 Å². The standard InChI is InChI=1S/C21H28N2O4S/c1-6-27-19-12-10-18(11-13-19)17(4)22-21(24)14-23(28(5,25)26)20-9-7-8-15(2)16(20)3/h7-13,17H,6,14H2,1-5H3,(H,22,24)/t17-/m0/s1. The summed E-state index contributed by atoms with van der Waals surface area (Å²) in [6, 6.07) is 12.6. The minimum Gasteiger partial charge on any atom is -0.494 e. The molecule has 7 heteroatoms. The number of anilines is 1. The van der Waals surface area contributed by atoms with Gasteiger partial charge in [0.1, 0.15) is 12.3 Å². The monoisotopic (exact) mass is 404 g/mol. The van der Waals surface area contributed by atoms with Crippen LogP contribution in [0.1, 0.15) is 36.6 Å². The Balaban J connectivity index is 2.14. The molecule has 28 heavy (non-hydrogen) atoms. The molecule has 1 N–H and O–H groups in total. The summed E-state index contributed by atoms with van der Waals surface area (Å²) in [5.41, 5.74) is 3.23. The Hall–Kier alpha value is -2.54. The van der Waals surface area contributed by atoms with Gasteiger partial charge in [-0.1, -0.05) is 24.3 Å². The van der Waals surface area contributed by atoms with Crippen molar-refractivity contribution in [1.29, 1.82) is 0 Å². The highest BCUT2D eigenvalue weighted by atomic mass is 32.2. The van der Waals surface area contributed by atoms with E-state index in [0.717, 1.165) is 33.0 Å². The van der Waals surface area contributed by atoms with Gasteiger partial charge in [0.25, 0.3) is 0 Å². The summed E-state index contributed by atoms with van der Waals surface area (Å²) in [4.78, 5) is 12.6. The molecule has 0 unspecified atom stereocenters. The van der Waals surface area contributed by atoms with Crippen molar-refractivity contribution < 1.29 is 17.9 Å². The number of rotatable bonds is 8. The van der Waals surface area contributed by atoms with Crippen LogP contribution in [0.25, 0.3) is 0 Å². The first kappa shape index (κ1) is 21.8. The molecule has 0 aliphatic carbocycles. The molecular formula is C21H28N2O4S.